The molecule has 1 N–H and O–H groups in total. The molecule has 0 aliphatic rings. The van der Waals surface area contributed by atoms with Crippen molar-refractivity contribution in [1.29, 1.82) is 5.26 Å². The number of nitriles is 1. The summed E-state index contributed by atoms with van der Waals surface area (Å²) in [7, 11) is 1.71. The highest BCUT2D eigenvalue weighted by Gasteiger charge is 2.12. The molecule has 0 aromatic heterocycles. The van der Waals surface area contributed by atoms with Crippen molar-refractivity contribution in [2.45, 2.75) is 13.0 Å². The van der Waals surface area contributed by atoms with Crippen LogP contribution in [0, 0.1) is 11.3 Å². The van der Waals surface area contributed by atoms with Crippen molar-refractivity contribution in [3.8, 4) is 6.07 Å². The summed E-state index contributed by atoms with van der Waals surface area (Å²) in [6.45, 7) is 1.86. The minimum Gasteiger partial charge on any atom is -0.325 e. The Balaban J connectivity index is 2.60. The van der Waals surface area contributed by atoms with Crippen LogP contribution in [0.15, 0.2) is 18.2 Å². The van der Waals surface area contributed by atoms with E-state index in [0.717, 1.165) is 0 Å². The fourth-order valence-electron chi connectivity index (χ4n) is 1.24. The van der Waals surface area contributed by atoms with Crippen LogP contribution in [0.5, 0.6) is 0 Å². The zero-order valence-corrected chi connectivity index (χ0v) is 11.6. The molecule has 1 atom stereocenters. The van der Waals surface area contributed by atoms with E-state index in [-0.39, 0.29) is 18.5 Å². The van der Waals surface area contributed by atoms with E-state index in [9.17, 15) is 4.79 Å². The fourth-order valence-corrected chi connectivity index (χ4v) is 1.53. The molecule has 0 spiro atoms. The highest BCUT2D eigenvalue weighted by Crippen LogP contribution is 2.24. The van der Waals surface area contributed by atoms with Gasteiger partial charge in [-0.3, -0.25) is 9.69 Å². The normalized spacial score (nSPS) is 12.0. The second-order valence-corrected chi connectivity index (χ2v) is 4.71. The zero-order valence-electron chi connectivity index (χ0n) is 10.1. The summed E-state index contributed by atoms with van der Waals surface area (Å²) in [4.78, 5) is 13.3. The molecule has 96 valence electrons. The van der Waals surface area contributed by atoms with Gasteiger partial charge in [0.25, 0.3) is 0 Å². The zero-order chi connectivity index (χ0) is 13.7. The molecule has 0 heterocycles. The molecular formula is C12H13Cl2N3O. The van der Waals surface area contributed by atoms with Crippen molar-refractivity contribution < 1.29 is 4.79 Å². The predicted octanol–water partition coefficient (Wildman–Crippen LogP) is 2.78. The van der Waals surface area contributed by atoms with Crippen LogP contribution in [-0.2, 0) is 4.79 Å². The van der Waals surface area contributed by atoms with Gasteiger partial charge >= 0.3 is 0 Å². The van der Waals surface area contributed by atoms with E-state index in [0.29, 0.717) is 15.7 Å². The number of amides is 1. The number of anilines is 1. The van der Waals surface area contributed by atoms with Gasteiger partial charge in [0.2, 0.25) is 5.91 Å². The van der Waals surface area contributed by atoms with Gasteiger partial charge in [0, 0.05) is 5.69 Å². The number of benzene rings is 1. The first-order chi connectivity index (χ1) is 8.43. The number of hydrogen-bond acceptors (Lipinski definition) is 3. The molecule has 1 amide bonds. The van der Waals surface area contributed by atoms with Gasteiger partial charge in [-0.25, -0.2) is 0 Å². The average molecular weight is 286 g/mol. The molecule has 0 radical (unpaired) electrons. The Morgan fingerprint density at radius 3 is 2.72 bits per heavy atom. The molecule has 0 aliphatic heterocycles. The van der Waals surface area contributed by atoms with Crippen LogP contribution in [0.25, 0.3) is 0 Å². The molecule has 1 aromatic carbocycles. The number of likely N-dealkylation sites (N-methyl/N-ethyl adjacent to an activating group) is 1. The van der Waals surface area contributed by atoms with E-state index in [2.05, 4.69) is 11.4 Å². The lowest BCUT2D eigenvalue weighted by atomic mass is 10.3. The van der Waals surface area contributed by atoms with Gasteiger partial charge in [0.05, 0.1) is 28.7 Å². The summed E-state index contributed by atoms with van der Waals surface area (Å²) in [5.74, 6) is -0.210. The molecule has 0 saturated carbocycles. The second-order valence-electron chi connectivity index (χ2n) is 3.90. The summed E-state index contributed by atoms with van der Waals surface area (Å²) >= 11 is 11.6. The summed E-state index contributed by atoms with van der Waals surface area (Å²) in [6.07, 6.45) is 0. The maximum atomic E-state index is 11.7. The molecule has 0 bridgehead atoms. The molecule has 18 heavy (non-hydrogen) atoms. The van der Waals surface area contributed by atoms with Crippen molar-refractivity contribution in [2.24, 2.45) is 0 Å². The van der Waals surface area contributed by atoms with E-state index < -0.39 is 0 Å². The van der Waals surface area contributed by atoms with Crippen molar-refractivity contribution in [1.82, 2.24) is 4.90 Å². The van der Waals surface area contributed by atoms with Crippen LogP contribution < -0.4 is 5.32 Å². The lowest BCUT2D eigenvalue weighted by Crippen LogP contribution is -2.35. The van der Waals surface area contributed by atoms with Gasteiger partial charge in [-0.05, 0) is 32.2 Å². The number of carbonyl (C=O) groups excluding carboxylic acids is 1. The Kier molecular flexibility index (Phi) is 5.42. The van der Waals surface area contributed by atoms with Gasteiger partial charge in [-0.1, -0.05) is 23.2 Å². The molecule has 0 saturated heterocycles. The highest BCUT2D eigenvalue weighted by molar-refractivity contribution is 6.42. The van der Waals surface area contributed by atoms with E-state index in [1.807, 2.05) is 0 Å². The Morgan fingerprint density at radius 1 is 1.50 bits per heavy atom. The molecule has 0 aliphatic carbocycles. The molecule has 1 aromatic rings. The number of carbonyl (C=O) groups is 1. The Morgan fingerprint density at radius 2 is 2.17 bits per heavy atom. The Labute approximate surface area is 116 Å². The average Bonchev–Trinajstić information content (AvgIpc) is 2.32. The van der Waals surface area contributed by atoms with Crippen LogP contribution in [-0.4, -0.2) is 30.4 Å². The first-order valence-electron chi connectivity index (χ1n) is 5.28. The number of rotatable bonds is 4. The summed E-state index contributed by atoms with van der Waals surface area (Å²) in [5.41, 5.74) is 0.576. The van der Waals surface area contributed by atoms with Crippen molar-refractivity contribution in [2.75, 3.05) is 18.9 Å². The topological polar surface area (TPSA) is 56.1 Å². The summed E-state index contributed by atoms with van der Waals surface area (Å²) in [6, 6.07) is 6.60. The van der Waals surface area contributed by atoms with E-state index in [4.69, 9.17) is 28.5 Å². The molecular weight excluding hydrogens is 273 g/mol. The Hall–Kier alpha value is -1.28. The molecule has 6 heteroatoms. The minimum atomic E-state index is -0.315. The number of halogens is 2. The van der Waals surface area contributed by atoms with Gasteiger partial charge in [-0.15, -0.1) is 0 Å². The SMILES string of the molecule is C[C@H](C#N)N(C)CC(=O)Nc1ccc(Cl)c(Cl)c1. The maximum Gasteiger partial charge on any atom is 0.238 e. The van der Waals surface area contributed by atoms with Crippen LogP contribution in [0.2, 0.25) is 10.0 Å². The van der Waals surface area contributed by atoms with E-state index in [1.54, 1.807) is 37.1 Å². The lowest BCUT2D eigenvalue weighted by Gasteiger charge is -2.18. The standard InChI is InChI=1S/C12H13Cl2N3O/c1-8(6-15)17(2)7-12(18)16-9-3-4-10(13)11(14)5-9/h3-5,8H,7H2,1-2H3,(H,16,18)/t8-/m1/s1. The van der Waals surface area contributed by atoms with Crippen LogP contribution in [0.4, 0.5) is 5.69 Å². The third-order valence-corrected chi connectivity index (χ3v) is 3.18. The fraction of sp³-hybridized carbons (Fsp3) is 0.333. The molecule has 0 fully saturated rings. The van der Waals surface area contributed by atoms with Gasteiger partial charge in [0.1, 0.15) is 0 Å². The van der Waals surface area contributed by atoms with Gasteiger partial charge in [0.15, 0.2) is 0 Å². The monoisotopic (exact) mass is 285 g/mol. The second kappa shape index (κ2) is 6.60. The smallest absolute Gasteiger partial charge is 0.238 e. The van der Waals surface area contributed by atoms with Crippen LogP contribution in [0.1, 0.15) is 6.92 Å². The number of nitrogens with one attached hydrogen (secondary N) is 1. The van der Waals surface area contributed by atoms with Crippen molar-refractivity contribution >= 4 is 34.8 Å². The van der Waals surface area contributed by atoms with Crippen molar-refractivity contribution in [3.63, 3.8) is 0 Å². The first-order valence-corrected chi connectivity index (χ1v) is 6.04. The lowest BCUT2D eigenvalue weighted by molar-refractivity contribution is -0.117. The van der Waals surface area contributed by atoms with Crippen molar-refractivity contribution in [3.05, 3.63) is 28.2 Å². The largest absolute Gasteiger partial charge is 0.325 e. The van der Waals surface area contributed by atoms with Gasteiger partial charge < -0.3 is 5.32 Å². The quantitative estimate of drug-likeness (QED) is 0.926. The van der Waals surface area contributed by atoms with Gasteiger partial charge in [-0.2, -0.15) is 5.26 Å². The first kappa shape index (κ1) is 14.8. The molecule has 0 unspecified atom stereocenters. The Bertz CT molecular complexity index is 485. The third-order valence-electron chi connectivity index (χ3n) is 2.44. The summed E-state index contributed by atoms with van der Waals surface area (Å²) in [5, 5.41) is 12.2. The summed E-state index contributed by atoms with van der Waals surface area (Å²) < 4.78 is 0. The maximum absolute atomic E-state index is 11.7. The third kappa shape index (κ3) is 4.19. The van der Waals surface area contributed by atoms with E-state index in [1.165, 1.54) is 0 Å². The molecule has 4 nitrogen and oxygen atoms in total. The minimum absolute atomic E-state index is 0.134. The molecule has 1 rings (SSSR count). The highest BCUT2D eigenvalue weighted by atomic mass is 35.5. The van der Waals surface area contributed by atoms with Crippen LogP contribution in [0.3, 0.4) is 0 Å². The number of nitrogens with zero attached hydrogens (tertiary/aromatic N) is 2. The number of hydrogen-bond donors (Lipinski definition) is 1. The van der Waals surface area contributed by atoms with E-state index >= 15 is 0 Å². The van der Waals surface area contributed by atoms with Crippen LogP contribution >= 0.6 is 23.2 Å². The predicted molar refractivity (Wildman–Crippen MR) is 72.8 cm³/mol.